The van der Waals surface area contributed by atoms with Crippen LogP contribution in [-0.4, -0.2) is 21.7 Å². The summed E-state index contributed by atoms with van der Waals surface area (Å²) in [4.78, 5) is 12.0. The zero-order valence-corrected chi connectivity index (χ0v) is 10.8. The smallest absolute Gasteiger partial charge is 0.319 e. The van der Waals surface area contributed by atoms with E-state index in [9.17, 15) is 4.79 Å². The molecule has 2 N–H and O–H groups in total. The minimum atomic E-state index is -0.124. The van der Waals surface area contributed by atoms with Gasteiger partial charge in [0.2, 0.25) is 0 Å². The third-order valence-corrected chi connectivity index (χ3v) is 3.62. The molecule has 1 aliphatic rings. The van der Waals surface area contributed by atoms with Crippen LogP contribution in [0.1, 0.15) is 32.1 Å². The summed E-state index contributed by atoms with van der Waals surface area (Å²) in [5.74, 6) is 0. The number of carbonyl (C=O) groups is 1. The lowest BCUT2D eigenvalue weighted by Crippen LogP contribution is -2.39. The van der Waals surface area contributed by atoms with Crippen LogP contribution in [0.2, 0.25) is 0 Å². The van der Waals surface area contributed by atoms with E-state index < -0.39 is 0 Å². The maximum atomic E-state index is 12.0. The highest BCUT2D eigenvalue weighted by atomic mass is 16.2. The number of nitrogens with zero attached hydrogens (tertiary/aromatic N) is 2. The summed E-state index contributed by atoms with van der Waals surface area (Å²) in [6.45, 7) is 0. The number of nitrogens with one attached hydrogen (secondary N) is 2. The van der Waals surface area contributed by atoms with Gasteiger partial charge in [0.25, 0.3) is 0 Å². The number of hydrogen-bond donors (Lipinski definition) is 2. The van der Waals surface area contributed by atoms with Crippen molar-refractivity contribution in [3.8, 4) is 0 Å². The monoisotopic (exact) mass is 258 g/mol. The largest absolute Gasteiger partial charge is 0.335 e. The highest BCUT2D eigenvalue weighted by Gasteiger charge is 2.16. The van der Waals surface area contributed by atoms with Crippen molar-refractivity contribution in [2.75, 3.05) is 5.32 Å². The molecule has 0 atom stereocenters. The van der Waals surface area contributed by atoms with Gasteiger partial charge in [0.05, 0.1) is 17.4 Å². The van der Waals surface area contributed by atoms with Crippen molar-refractivity contribution in [2.24, 2.45) is 0 Å². The number of rotatable bonds is 2. The standard InChI is InChI=1S/C14H18N4O/c19-14(16-11-5-2-1-3-6-11)17-12-7-4-10-18-13(12)8-9-15-18/h4,7-11H,1-3,5-6H2,(H2,16,17,19). The molecule has 2 amide bonds. The Morgan fingerprint density at radius 2 is 2.11 bits per heavy atom. The summed E-state index contributed by atoms with van der Waals surface area (Å²) >= 11 is 0. The topological polar surface area (TPSA) is 58.4 Å². The Hall–Kier alpha value is -2.04. The number of pyridine rings is 1. The zero-order valence-electron chi connectivity index (χ0n) is 10.8. The van der Waals surface area contributed by atoms with E-state index >= 15 is 0 Å². The van der Waals surface area contributed by atoms with E-state index in [0.717, 1.165) is 24.0 Å². The molecule has 2 aromatic rings. The summed E-state index contributed by atoms with van der Waals surface area (Å²) in [6, 6.07) is 5.84. The molecule has 5 heteroatoms. The molecule has 3 rings (SSSR count). The average Bonchev–Trinajstić information content (AvgIpc) is 2.89. The van der Waals surface area contributed by atoms with Gasteiger partial charge in [0.1, 0.15) is 0 Å². The van der Waals surface area contributed by atoms with Crippen LogP contribution in [-0.2, 0) is 0 Å². The molecule has 0 unspecified atom stereocenters. The number of fused-ring (bicyclic) bond motifs is 1. The number of carbonyl (C=O) groups excluding carboxylic acids is 1. The quantitative estimate of drug-likeness (QED) is 0.870. The number of aromatic nitrogens is 2. The van der Waals surface area contributed by atoms with Gasteiger partial charge in [-0.3, -0.25) is 0 Å². The van der Waals surface area contributed by atoms with Crippen LogP contribution >= 0.6 is 0 Å². The first kappa shape index (κ1) is 12.0. The maximum absolute atomic E-state index is 12.0. The lowest BCUT2D eigenvalue weighted by molar-refractivity contribution is 0.244. The molecular formula is C14H18N4O. The summed E-state index contributed by atoms with van der Waals surface area (Å²) in [6.07, 6.45) is 9.47. The molecule has 1 saturated carbocycles. The second-order valence-corrected chi connectivity index (χ2v) is 5.02. The fourth-order valence-electron chi connectivity index (χ4n) is 2.65. The van der Waals surface area contributed by atoms with E-state index in [1.165, 1.54) is 19.3 Å². The molecule has 100 valence electrons. The lowest BCUT2D eigenvalue weighted by Gasteiger charge is -2.22. The number of anilines is 1. The van der Waals surface area contributed by atoms with Gasteiger partial charge >= 0.3 is 6.03 Å². The van der Waals surface area contributed by atoms with Crippen molar-refractivity contribution < 1.29 is 4.79 Å². The average molecular weight is 258 g/mol. The van der Waals surface area contributed by atoms with E-state index in [2.05, 4.69) is 15.7 Å². The molecule has 2 aromatic heterocycles. The van der Waals surface area contributed by atoms with Crippen LogP contribution in [0.5, 0.6) is 0 Å². The Bertz CT molecular complexity index is 572. The van der Waals surface area contributed by atoms with Crippen LogP contribution in [0.15, 0.2) is 30.6 Å². The summed E-state index contributed by atoms with van der Waals surface area (Å²) in [5.41, 5.74) is 1.69. The van der Waals surface area contributed by atoms with E-state index in [-0.39, 0.29) is 6.03 Å². The molecule has 19 heavy (non-hydrogen) atoms. The maximum Gasteiger partial charge on any atom is 0.319 e. The highest BCUT2D eigenvalue weighted by molar-refractivity contribution is 5.93. The predicted molar refractivity (Wildman–Crippen MR) is 74.2 cm³/mol. The van der Waals surface area contributed by atoms with Crippen LogP contribution < -0.4 is 10.6 Å². The summed E-state index contributed by atoms with van der Waals surface area (Å²) in [7, 11) is 0. The summed E-state index contributed by atoms with van der Waals surface area (Å²) < 4.78 is 1.75. The first-order valence-corrected chi connectivity index (χ1v) is 6.83. The van der Waals surface area contributed by atoms with Crippen LogP contribution in [0, 0.1) is 0 Å². The van der Waals surface area contributed by atoms with Gasteiger partial charge in [-0.25, -0.2) is 9.31 Å². The Labute approximate surface area is 112 Å². The normalized spacial score (nSPS) is 16.4. The van der Waals surface area contributed by atoms with Gasteiger partial charge < -0.3 is 10.6 Å². The summed E-state index contributed by atoms with van der Waals surface area (Å²) in [5, 5.41) is 10.1. The minimum Gasteiger partial charge on any atom is -0.335 e. The third-order valence-electron chi connectivity index (χ3n) is 3.62. The lowest BCUT2D eigenvalue weighted by atomic mass is 9.96. The zero-order chi connectivity index (χ0) is 13.1. The van der Waals surface area contributed by atoms with Crippen molar-refractivity contribution in [1.82, 2.24) is 14.9 Å². The van der Waals surface area contributed by atoms with E-state index in [1.807, 2.05) is 24.4 Å². The molecule has 0 aromatic carbocycles. The van der Waals surface area contributed by atoms with Gasteiger partial charge in [-0.2, -0.15) is 5.10 Å². The molecule has 0 saturated heterocycles. The molecule has 0 radical (unpaired) electrons. The molecule has 2 heterocycles. The fraction of sp³-hybridized carbons (Fsp3) is 0.429. The third kappa shape index (κ3) is 2.70. The van der Waals surface area contributed by atoms with Crippen LogP contribution in [0.3, 0.4) is 0 Å². The first-order chi connectivity index (χ1) is 9.33. The number of amides is 2. The molecule has 1 fully saturated rings. The second kappa shape index (κ2) is 5.30. The van der Waals surface area contributed by atoms with Crippen molar-refractivity contribution in [3.63, 3.8) is 0 Å². The van der Waals surface area contributed by atoms with Crippen molar-refractivity contribution in [3.05, 3.63) is 30.6 Å². The molecule has 5 nitrogen and oxygen atoms in total. The molecule has 0 aliphatic heterocycles. The van der Waals surface area contributed by atoms with Gasteiger partial charge in [0.15, 0.2) is 0 Å². The SMILES string of the molecule is O=C(Nc1cccn2nccc12)NC1CCCCC1. The van der Waals surface area contributed by atoms with Crippen LogP contribution in [0.4, 0.5) is 10.5 Å². The second-order valence-electron chi connectivity index (χ2n) is 5.02. The molecule has 0 spiro atoms. The van der Waals surface area contributed by atoms with Crippen molar-refractivity contribution in [2.45, 2.75) is 38.1 Å². The van der Waals surface area contributed by atoms with E-state index in [1.54, 1.807) is 10.7 Å². The van der Waals surface area contributed by atoms with Crippen molar-refractivity contribution >= 4 is 17.2 Å². The number of urea groups is 1. The van der Waals surface area contributed by atoms with Gasteiger partial charge in [-0.05, 0) is 31.0 Å². The van der Waals surface area contributed by atoms with E-state index in [0.29, 0.717) is 6.04 Å². The molecule has 1 aliphatic carbocycles. The first-order valence-electron chi connectivity index (χ1n) is 6.83. The Kier molecular flexibility index (Phi) is 3.35. The molecule has 0 bridgehead atoms. The Balaban J connectivity index is 1.67. The fourth-order valence-corrected chi connectivity index (χ4v) is 2.65. The highest BCUT2D eigenvalue weighted by Crippen LogP contribution is 2.18. The molecular weight excluding hydrogens is 240 g/mol. The van der Waals surface area contributed by atoms with Gasteiger partial charge in [-0.15, -0.1) is 0 Å². The number of hydrogen-bond acceptors (Lipinski definition) is 2. The predicted octanol–water partition coefficient (Wildman–Crippen LogP) is 2.79. The Morgan fingerprint density at radius 1 is 1.26 bits per heavy atom. The van der Waals surface area contributed by atoms with Crippen LogP contribution in [0.25, 0.3) is 5.52 Å². The van der Waals surface area contributed by atoms with Crippen molar-refractivity contribution in [1.29, 1.82) is 0 Å². The Morgan fingerprint density at radius 3 is 2.95 bits per heavy atom. The van der Waals surface area contributed by atoms with Gasteiger partial charge in [0, 0.05) is 12.2 Å². The minimum absolute atomic E-state index is 0.124. The van der Waals surface area contributed by atoms with E-state index in [4.69, 9.17) is 0 Å². The van der Waals surface area contributed by atoms with Gasteiger partial charge in [-0.1, -0.05) is 19.3 Å².